The smallest absolute Gasteiger partial charge is 0.268 e. The van der Waals surface area contributed by atoms with E-state index in [0.29, 0.717) is 12.8 Å². The molecule has 1 aliphatic rings. The fourth-order valence-electron chi connectivity index (χ4n) is 1.45. The van der Waals surface area contributed by atoms with E-state index in [9.17, 15) is 4.79 Å². The maximum atomic E-state index is 10.8. The minimum absolute atomic E-state index is 0.0841. The standard InChI is InChI=1S/C8H17N5O3/c9-6(8(11)15)7(10)13(12)5-2-1-4(3-14)16-5/h4-5,14H,1-3,9-10,12H2,(H2,11,15)/b7-6-/t4?,5-/m1/s1. The summed E-state index contributed by atoms with van der Waals surface area (Å²) in [5.41, 5.74) is 15.5. The van der Waals surface area contributed by atoms with E-state index in [4.69, 9.17) is 32.9 Å². The van der Waals surface area contributed by atoms with Gasteiger partial charge >= 0.3 is 0 Å². The van der Waals surface area contributed by atoms with Gasteiger partial charge in [-0.25, -0.2) is 5.84 Å². The van der Waals surface area contributed by atoms with Gasteiger partial charge in [-0.2, -0.15) is 0 Å². The Morgan fingerprint density at radius 2 is 2.00 bits per heavy atom. The van der Waals surface area contributed by atoms with Crippen molar-refractivity contribution in [1.29, 1.82) is 0 Å². The zero-order valence-electron chi connectivity index (χ0n) is 8.80. The molecule has 1 amide bonds. The van der Waals surface area contributed by atoms with Crippen molar-refractivity contribution in [2.75, 3.05) is 6.61 Å². The summed E-state index contributed by atoms with van der Waals surface area (Å²) in [6.45, 7) is -0.0841. The van der Waals surface area contributed by atoms with E-state index in [-0.39, 0.29) is 24.2 Å². The highest BCUT2D eigenvalue weighted by atomic mass is 16.5. The van der Waals surface area contributed by atoms with Crippen LogP contribution in [-0.2, 0) is 9.53 Å². The molecule has 0 aromatic rings. The van der Waals surface area contributed by atoms with E-state index in [1.807, 2.05) is 0 Å². The van der Waals surface area contributed by atoms with Crippen LogP contribution < -0.4 is 23.0 Å². The molecule has 0 radical (unpaired) electrons. The number of hydrogen-bond donors (Lipinski definition) is 5. The highest BCUT2D eigenvalue weighted by Crippen LogP contribution is 2.21. The van der Waals surface area contributed by atoms with Gasteiger partial charge in [0.05, 0.1) is 12.7 Å². The van der Waals surface area contributed by atoms with Crippen LogP contribution in [0.15, 0.2) is 11.5 Å². The van der Waals surface area contributed by atoms with Crippen LogP contribution in [0.1, 0.15) is 12.8 Å². The molecule has 1 rings (SSSR count). The van der Waals surface area contributed by atoms with Gasteiger partial charge in [-0.1, -0.05) is 0 Å². The van der Waals surface area contributed by atoms with Crippen molar-refractivity contribution in [3.8, 4) is 0 Å². The lowest BCUT2D eigenvalue weighted by molar-refractivity contribution is -0.115. The quantitative estimate of drug-likeness (QED) is 0.199. The number of carbonyl (C=O) groups is 1. The van der Waals surface area contributed by atoms with Crippen molar-refractivity contribution >= 4 is 5.91 Å². The van der Waals surface area contributed by atoms with E-state index < -0.39 is 12.1 Å². The summed E-state index contributed by atoms with van der Waals surface area (Å²) in [4.78, 5) is 10.8. The minimum Gasteiger partial charge on any atom is -0.394 e. The second-order valence-corrected chi connectivity index (χ2v) is 3.54. The third kappa shape index (κ3) is 2.54. The van der Waals surface area contributed by atoms with E-state index in [1.165, 1.54) is 0 Å². The van der Waals surface area contributed by atoms with Gasteiger partial charge in [0.15, 0.2) is 0 Å². The largest absolute Gasteiger partial charge is 0.394 e. The second-order valence-electron chi connectivity index (χ2n) is 3.54. The number of carbonyl (C=O) groups excluding carboxylic acids is 1. The molecule has 16 heavy (non-hydrogen) atoms. The predicted molar refractivity (Wildman–Crippen MR) is 55.6 cm³/mol. The third-order valence-electron chi connectivity index (χ3n) is 2.42. The zero-order valence-corrected chi connectivity index (χ0v) is 8.80. The van der Waals surface area contributed by atoms with E-state index in [1.54, 1.807) is 0 Å². The van der Waals surface area contributed by atoms with Crippen LogP contribution in [0.5, 0.6) is 0 Å². The molecule has 8 nitrogen and oxygen atoms in total. The van der Waals surface area contributed by atoms with E-state index in [2.05, 4.69) is 0 Å². The molecule has 0 aliphatic carbocycles. The number of hydrogen-bond acceptors (Lipinski definition) is 7. The molecule has 0 aromatic heterocycles. The Morgan fingerprint density at radius 3 is 2.44 bits per heavy atom. The maximum absolute atomic E-state index is 10.8. The fraction of sp³-hybridized carbons (Fsp3) is 0.625. The van der Waals surface area contributed by atoms with Gasteiger partial charge < -0.3 is 27.0 Å². The fourth-order valence-corrected chi connectivity index (χ4v) is 1.45. The molecule has 92 valence electrons. The van der Waals surface area contributed by atoms with Gasteiger partial charge in [0.1, 0.15) is 17.7 Å². The van der Waals surface area contributed by atoms with Crippen LogP contribution in [-0.4, -0.2) is 35.0 Å². The molecular formula is C8H17N5O3. The number of aliphatic hydroxyl groups excluding tert-OH is 1. The summed E-state index contributed by atoms with van der Waals surface area (Å²) in [5.74, 6) is 4.66. The molecule has 1 fully saturated rings. The molecule has 1 saturated heterocycles. The van der Waals surface area contributed by atoms with Gasteiger partial charge in [-0.15, -0.1) is 0 Å². The molecule has 1 unspecified atom stereocenters. The van der Waals surface area contributed by atoms with Gasteiger partial charge in [-0.05, 0) is 12.8 Å². The highest BCUT2D eigenvalue weighted by molar-refractivity contribution is 5.91. The van der Waals surface area contributed by atoms with Crippen molar-refractivity contribution in [3.05, 3.63) is 11.5 Å². The summed E-state index contributed by atoms with van der Waals surface area (Å²) < 4.78 is 5.35. The minimum atomic E-state index is -0.843. The summed E-state index contributed by atoms with van der Waals surface area (Å²) in [5, 5.41) is 9.93. The summed E-state index contributed by atoms with van der Waals surface area (Å²) in [6.07, 6.45) is 0.487. The number of nitrogens with zero attached hydrogens (tertiary/aromatic N) is 1. The SMILES string of the molecule is NC(=O)/C(N)=C(\N)N(N)[C@H]1CCC(CO)O1. The van der Waals surface area contributed by atoms with E-state index in [0.717, 1.165) is 5.01 Å². The first-order valence-corrected chi connectivity index (χ1v) is 4.82. The molecule has 1 heterocycles. The number of rotatable bonds is 4. The normalized spacial score (nSPS) is 26.4. The second kappa shape index (κ2) is 5.01. The maximum Gasteiger partial charge on any atom is 0.268 e. The molecule has 0 bridgehead atoms. The predicted octanol–water partition coefficient (Wildman–Crippen LogP) is -2.77. The first kappa shape index (κ1) is 12.6. The first-order valence-electron chi connectivity index (χ1n) is 4.82. The topological polar surface area (TPSA) is 154 Å². The molecule has 0 saturated carbocycles. The Kier molecular flexibility index (Phi) is 3.93. The number of hydrazine groups is 1. The molecular weight excluding hydrogens is 214 g/mol. The molecule has 1 aliphatic heterocycles. The van der Waals surface area contributed by atoms with Crippen LogP contribution in [0, 0.1) is 0 Å². The summed E-state index contributed by atoms with van der Waals surface area (Å²) in [7, 11) is 0. The van der Waals surface area contributed by atoms with Gasteiger partial charge in [0.2, 0.25) is 0 Å². The Labute approximate surface area is 92.8 Å². The van der Waals surface area contributed by atoms with Gasteiger partial charge in [-0.3, -0.25) is 9.80 Å². The Hall–Kier alpha value is -1.51. The van der Waals surface area contributed by atoms with Crippen LogP contribution in [0.2, 0.25) is 0 Å². The number of aliphatic hydroxyl groups is 1. The van der Waals surface area contributed by atoms with Crippen LogP contribution in [0.4, 0.5) is 0 Å². The van der Waals surface area contributed by atoms with Crippen LogP contribution in [0.3, 0.4) is 0 Å². The average molecular weight is 231 g/mol. The number of amides is 1. The van der Waals surface area contributed by atoms with Crippen LogP contribution >= 0.6 is 0 Å². The number of nitrogens with two attached hydrogens (primary N) is 4. The van der Waals surface area contributed by atoms with Crippen LogP contribution in [0.25, 0.3) is 0 Å². The molecule has 0 aromatic carbocycles. The monoisotopic (exact) mass is 231 g/mol. The van der Waals surface area contributed by atoms with Crippen molar-refractivity contribution < 1.29 is 14.6 Å². The van der Waals surface area contributed by atoms with Crippen molar-refractivity contribution in [2.45, 2.75) is 25.2 Å². The number of ether oxygens (including phenoxy) is 1. The van der Waals surface area contributed by atoms with Crippen molar-refractivity contribution in [2.24, 2.45) is 23.0 Å². The molecule has 2 atom stereocenters. The molecule has 0 spiro atoms. The number of primary amides is 1. The van der Waals surface area contributed by atoms with Gasteiger partial charge in [0.25, 0.3) is 5.91 Å². The first-order chi connectivity index (χ1) is 7.47. The zero-order chi connectivity index (χ0) is 12.3. The van der Waals surface area contributed by atoms with Gasteiger partial charge in [0, 0.05) is 0 Å². The summed E-state index contributed by atoms with van der Waals surface area (Å²) in [6, 6.07) is 0. The van der Waals surface area contributed by atoms with E-state index >= 15 is 0 Å². The lowest BCUT2D eigenvalue weighted by atomic mass is 10.2. The summed E-state index contributed by atoms with van der Waals surface area (Å²) >= 11 is 0. The van der Waals surface area contributed by atoms with Crippen molar-refractivity contribution in [3.63, 3.8) is 0 Å². The third-order valence-corrected chi connectivity index (χ3v) is 2.42. The Morgan fingerprint density at radius 1 is 1.38 bits per heavy atom. The van der Waals surface area contributed by atoms with Crippen molar-refractivity contribution in [1.82, 2.24) is 5.01 Å². The lowest BCUT2D eigenvalue weighted by Crippen LogP contribution is -2.46. The molecule has 9 N–H and O–H groups in total. The lowest BCUT2D eigenvalue weighted by Gasteiger charge is -2.26. The average Bonchev–Trinajstić information content (AvgIpc) is 2.74. The Bertz CT molecular complexity index is 306. The highest BCUT2D eigenvalue weighted by Gasteiger charge is 2.29. The Balaban J connectivity index is 2.68. The molecule has 8 heteroatoms.